The SMILES string of the molecule is CC1CCN(S(=O)(=O)c2ccc3c(ccc(=O)n3CC(=O)N3CCc4ccccc4C3)c2)CC1. The van der Waals surface area contributed by atoms with Crippen LogP contribution in [0.5, 0.6) is 0 Å². The molecule has 1 saturated heterocycles. The molecule has 2 aliphatic heterocycles. The van der Waals surface area contributed by atoms with Crippen molar-refractivity contribution in [1.29, 1.82) is 0 Å². The fourth-order valence-corrected chi connectivity index (χ4v) is 6.43. The summed E-state index contributed by atoms with van der Waals surface area (Å²) < 4.78 is 29.3. The van der Waals surface area contributed by atoms with Gasteiger partial charge in [-0.2, -0.15) is 4.31 Å². The van der Waals surface area contributed by atoms with Crippen LogP contribution >= 0.6 is 0 Å². The summed E-state index contributed by atoms with van der Waals surface area (Å²) in [6.45, 7) is 4.26. The second-order valence-electron chi connectivity index (χ2n) is 9.40. The van der Waals surface area contributed by atoms with Crippen molar-refractivity contribution in [1.82, 2.24) is 13.8 Å². The fourth-order valence-electron chi connectivity index (χ4n) is 4.92. The minimum absolute atomic E-state index is 0.0750. The molecule has 3 heterocycles. The molecule has 0 saturated carbocycles. The van der Waals surface area contributed by atoms with E-state index in [-0.39, 0.29) is 22.9 Å². The summed E-state index contributed by atoms with van der Waals surface area (Å²) in [5.41, 5.74) is 2.67. The zero-order valence-electron chi connectivity index (χ0n) is 19.3. The molecule has 178 valence electrons. The molecule has 34 heavy (non-hydrogen) atoms. The predicted molar refractivity (Wildman–Crippen MR) is 131 cm³/mol. The number of benzene rings is 2. The van der Waals surface area contributed by atoms with Gasteiger partial charge in [0.25, 0.3) is 5.56 Å². The molecule has 2 aromatic carbocycles. The van der Waals surface area contributed by atoms with Crippen LogP contribution in [0.15, 0.2) is 64.3 Å². The first-order chi connectivity index (χ1) is 16.3. The monoisotopic (exact) mass is 479 g/mol. The van der Waals surface area contributed by atoms with E-state index in [0.29, 0.717) is 43.0 Å². The summed E-state index contributed by atoms with van der Waals surface area (Å²) >= 11 is 0. The number of carbonyl (C=O) groups is 1. The molecule has 5 rings (SSSR count). The summed E-state index contributed by atoms with van der Waals surface area (Å²) in [6, 6.07) is 15.9. The van der Waals surface area contributed by atoms with E-state index >= 15 is 0 Å². The maximum atomic E-state index is 13.2. The molecular weight excluding hydrogens is 450 g/mol. The maximum absolute atomic E-state index is 13.2. The van der Waals surface area contributed by atoms with Gasteiger partial charge in [0.15, 0.2) is 0 Å². The van der Waals surface area contributed by atoms with Crippen molar-refractivity contribution < 1.29 is 13.2 Å². The summed E-state index contributed by atoms with van der Waals surface area (Å²) in [5.74, 6) is 0.409. The summed E-state index contributed by atoms with van der Waals surface area (Å²) in [4.78, 5) is 27.8. The number of aromatic nitrogens is 1. The molecule has 0 radical (unpaired) electrons. The summed E-state index contributed by atoms with van der Waals surface area (Å²) in [7, 11) is -3.60. The van der Waals surface area contributed by atoms with Gasteiger partial charge in [-0.05, 0) is 66.0 Å². The molecule has 0 bridgehead atoms. The summed E-state index contributed by atoms with van der Waals surface area (Å²) in [5, 5.41) is 0.628. The predicted octanol–water partition coefficient (Wildman–Crippen LogP) is 3.01. The van der Waals surface area contributed by atoms with Gasteiger partial charge in [-0.15, -0.1) is 0 Å². The maximum Gasteiger partial charge on any atom is 0.251 e. The molecule has 1 amide bonds. The van der Waals surface area contributed by atoms with Crippen molar-refractivity contribution in [2.24, 2.45) is 5.92 Å². The van der Waals surface area contributed by atoms with Crippen LogP contribution in [0.1, 0.15) is 30.9 Å². The van der Waals surface area contributed by atoms with Crippen LogP contribution in [0.4, 0.5) is 0 Å². The first-order valence-corrected chi connectivity index (χ1v) is 13.3. The molecule has 0 spiro atoms. The number of rotatable bonds is 4. The van der Waals surface area contributed by atoms with Crippen LogP contribution in [-0.2, 0) is 34.3 Å². The van der Waals surface area contributed by atoms with Gasteiger partial charge in [-0.1, -0.05) is 31.2 Å². The van der Waals surface area contributed by atoms with Gasteiger partial charge in [-0.25, -0.2) is 8.42 Å². The molecule has 0 N–H and O–H groups in total. The van der Waals surface area contributed by atoms with E-state index in [4.69, 9.17) is 0 Å². The van der Waals surface area contributed by atoms with Crippen molar-refractivity contribution in [2.45, 2.75) is 44.2 Å². The van der Waals surface area contributed by atoms with E-state index in [2.05, 4.69) is 13.0 Å². The number of pyridine rings is 1. The molecule has 0 aliphatic carbocycles. The number of nitrogens with zero attached hydrogens (tertiary/aromatic N) is 3. The highest BCUT2D eigenvalue weighted by atomic mass is 32.2. The lowest BCUT2D eigenvalue weighted by molar-refractivity contribution is -0.132. The molecule has 0 unspecified atom stereocenters. The van der Waals surface area contributed by atoms with Crippen molar-refractivity contribution in [3.8, 4) is 0 Å². The Hall–Kier alpha value is -2.97. The van der Waals surface area contributed by atoms with Crippen LogP contribution in [0.2, 0.25) is 0 Å². The van der Waals surface area contributed by atoms with Gasteiger partial charge < -0.3 is 4.90 Å². The van der Waals surface area contributed by atoms with Gasteiger partial charge in [0.2, 0.25) is 15.9 Å². The Balaban J connectivity index is 1.41. The number of sulfonamides is 1. The molecule has 0 atom stereocenters. The van der Waals surface area contributed by atoms with Gasteiger partial charge >= 0.3 is 0 Å². The highest BCUT2D eigenvalue weighted by molar-refractivity contribution is 7.89. The average Bonchev–Trinajstić information content (AvgIpc) is 2.85. The smallest absolute Gasteiger partial charge is 0.251 e. The Morgan fingerprint density at radius 2 is 1.71 bits per heavy atom. The summed E-state index contributed by atoms with van der Waals surface area (Å²) in [6.07, 6.45) is 2.51. The first-order valence-electron chi connectivity index (χ1n) is 11.8. The normalized spacial score (nSPS) is 17.6. The lowest BCUT2D eigenvalue weighted by atomic mass is 10.00. The third-order valence-electron chi connectivity index (χ3n) is 7.12. The van der Waals surface area contributed by atoms with Crippen molar-refractivity contribution in [2.75, 3.05) is 19.6 Å². The highest BCUT2D eigenvalue weighted by Gasteiger charge is 2.28. The van der Waals surface area contributed by atoms with Crippen molar-refractivity contribution in [3.63, 3.8) is 0 Å². The van der Waals surface area contributed by atoms with Gasteiger partial charge in [0.1, 0.15) is 6.54 Å². The van der Waals surface area contributed by atoms with E-state index in [1.165, 1.54) is 16.2 Å². The lowest BCUT2D eigenvalue weighted by Crippen LogP contribution is -2.39. The van der Waals surface area contributed by atoms with Crippen LogP contribution in [0, 0.1) is 5.92 Å². The minimum Gasteiger partial charge on any atom is -0.336 e. The zero-order chi connectivity index (χ0) is 23.9. The van der Waals surface area contributed by atoms with Gasteiger partial charge in [-0.3, -0.25) is 14.2 Å². The van der Waals surface area contributed by atoms with Gasteiger partial charge in [0, 0.05) is 32.2 Å². The Morgan fingerprint density at radius 3 is 2.47 bits per heavy atom. The fraction of sp³-hybridized carbons (Fsp3) is 0.385. The molecule has 2 aliphatic rings. The van der Waals surface area contributed by atoms with Crippen molar-refractivity contribution >= 4 is 26.8 Å². The van der Waals surface area contributed by atoms with E-state index in [0.717, 1.165) is 24.8 Å². The molecule has 8 heteroatoms. The second kappa shape index (κ2) is 9.00. The second-order valence-corrected chi connectivity index (χ2v) is 11.3. The molecule has 1 fully saturated rings. The van der Waals surface area contributed by atoms with Crippen LogP contribution < -0.4 is 5.56 Å². The number of hydrogen-bond acceptors (Lipinski definition) is 4. The molecular formula is C26H29N3O4S. The Labute approximate surface area is 199 Å². The largest absolute Gasteiger partial charge is 0.336 e. The van der Waals surface area contributed by atoms with Crippen molar-refractivity contribution in [3.05, 3.63) is 76.1 Å². The number of fused-ring (bicyclic) bond motifs is 2. The Morgan fingerprint density at radius 1 is 0.971 bits per heavy atom. The average molecular weight is 480 g/mol. The molecule has 3 aromatic rings. The third kappa shape index (κ3) is 4.28. The number of piperidine rings is 1. The minimum atomic E-state index is -3.60. The topological polar surface area (TPSA) is 79.7 Å². The zero-order valence-corrected chi connectivity index (χ0v) is 20.1. The van der Waals surface area contributed by atoms with Crippen LogP contribution in [-0.4, -0.2) is 47.7 Å². The van der Waals surface area contributed by atoms with Crippen LogP contribution in [0.25, 0.3) is 10.9 Å². The van der Waals surface area contributed by atoms with E-state index in [1.54, 1.807) is 33.5 Å². The van der Waals surface area contributed by atoms with Gasteiger partial charge in [0.05, 0.1) is 10.4 Å². The highest BCUT2D eigenvalue weighted by Crippen LogP contribution is 2.26. The number of hydrogen-bond donors (Lipinski definition) is 0. The third-order valence-corrected chi connectivity index (χ3v) is 9.01. The van der Waals surface area contributed by atoms with E-state index in [1.807, 2.05) is 18.2 Å². The molecule has 7 nitrogen and oxygen atoms in total. The quantitative estimate of drug-likeness (QED) is 0.576. The molecule has 1 aromatic heterocycles. The Bertz CT molecular complexity index is 1410. The van der Waals surface area contributed by atoms with E-state index in [9.17, 15) is 18.0 Å². The standard InChI is InChI=1S/C26H29N3O4S/c1-19-10-14-28(15-11-19)34(32,33)23-7-8-24-21(16-23)6-9-25(30)29(24)18-26(31)27-13-12-20-4-2-3-5-22(20)17-27/h2-9,16,19H,10-15,17-18H2,1H3. The first kappa shape index (κ1) is 22.8. The lowest BCUT2D eigenvalue weighted by Gasteiger charge is -2.29. The van der Waals surface area contributed by atoms with E-state index < -0.39 is 10.0 Å². The number of amides is 1. The van der Waals surface area contributed by atoms with Crippen LogP contribution in [0.3, 0.4) is 0 Å². The number of carbonyl (C=O) groups excluding carboxylic acids is 1. The Kier molecular flexibility index (Phi) is 6.04.